The summed E-state index contributed by atoms with van der Waals surface area (Å²) < 4.78 is 61.3. The maximum absolute atomic E-state index is 15.8. The van der Waals surface area contributed by atoms with Gasteiger partial charge in [-0.15, -0.1) is 0 Å². The van der Waals surface area contributed by atoms with E-state index >= 15 is 8.78 Å². The molecular weight excluding hydrogens is 654 g/mol. The molecule has 3 aromatic heterocycles. The van der Waals surface area contributed by atoms with Crippen molar-refractivity contribution in [2.45, 2.75) is 12.7 Å². The van der Waals surface area contributed by atoms with Crippen LogP contribution in [0.1, 0.15) is 12.5 Å². The highest BCUT2D eigenvalue weighted by Crippen LogP contribution is 2.38. The largest absolute Gasteiger partial charge is 0.365 e. The number of benzene rings is 3. The van der Waals surface area contributed by atoms with Crippen LogP contribution in [0.4, 0.5) is 31.8 Å². The number of nitro groups is 1. The molecule has 6 aromatic rings. The highest BCUT2D eigenvalue weighted by atomic mass is 32.2. The number of hydrogen-bond acceptors (Lipinski definition) is 9. The third-order valence-electron chi connectivity index (χ3n) is 8.27. The molecule has 0 atom stereocenters. The molecule has 0 fully saturated rings. The zero-order chi connectivity index (χ0) is 35.0. The van der Waals surface area contributed by atoms with Gasteiger partial charge in [0, 0.05) is 67.5 Å². The van der Waals surface area contributed by atoms with Gasteiger partial charge in [0.25, 0.3) is 5.69 Å². The summed E-state index contributed by atoms with van der Waals surface area (Å²) in [6.07, 6.45) is 3.02. The summed E-state index contributed by atoms with van der Waals surface area (Å²) in [5.74, 6) is -1.91. The fourth-order valence-electron chi connectivity index (χ4n) is 5.85. The second-order valence-corrected chi connectivity index (χ2v) is 13.7. The second-order valence-electron chi connectivity index (χ2n) is 11.9. The molecule has 0 aliphatic heterocycles. The minimum Gasteiger partial charge on any atom is -0.365 e. The highest BCUT2D eigenvalue weighted by molar-refractivity contribution is 7.89. The highest BCUT2D eigenvalue weighted by Gasteiger charge is 2.26. The van der Waals surface area contributed by atoms with Crippen molar-refractivity contribution >= 4 is 55.0 Å². The van der Waals surface area contributed by atoms with Gasteiger partial charge in [-0.25, -0.2) is 26.2 Å². The Kier molecular flexibility index (Phi) is 9.05. The molecule has 0 saturated heterocycles. The quantitative estimate of drug-likeness (QED) is 0.117. The predicted octanol–water partition coefficient (Wildman–Crippen LogP) is 6.29. The zero-order valence-electron chi connectivity index (χ0n) is 27.3. The molecule has 0 spiro atoms. The molecule has 0 radical (unpaired) electrons. The summed E-state index contributed by atoms with van der Waals surface area (Å²) >= 11 is 0. The lowest BCUT2D eigenvalue weighted by Crippen LogP contribution is -2.32. The first-order valence-corrected chi connectivity index (χ1v) is 17.0. The van der Waals surface area contributed by atoms with Gasteiger partial charge in [-0.3, -0.25) is 10.1 Å². The van der Waals surface area contributed by atoms with E-state index in [2.05, 4.69) is 15.3 Å². The van der Waals surface area contributed by atoms with Crippen molar-refractivity contribution in [3.63, 3.8) is 0 Å². The average molecular weight is 689 g/mol. The van der Waals surface area contributed by atoms with E-state index in [0.29, 0.717) is 41.7 Å². The van der Waals surface area contributed by atoms with Crippen molar-refractivity contribution in [1.82, 2.24) is 23.4 Å². The van der Waals surface area contributed by atoms with Crippen LogP contribution in [0.5, 0.6) is 0 Å². The van der Waals surface area contributed by atoms with Gasteiger partial charge >= 0.3 is 0 Å². The standard InChI is InChI=1S/C34H34F2N8O4S/c1-5-42(17-16-40(2)3)29-18-26(36)27(19-30(29)44(45)46)37-34-38-32(24-20-41(4)28-13-9-12-25(35)31(24)28)23-14-15-43(33(23)39-34)49(47,48)21-22-10-7-6-8-11-22/h6-15,18-20H,5,16-17,21H2,1-4H3,(H,37,38,39). The van der Waals surface area contributed by atoms with Gasteiger partial charge in [-0.05, 0) is 44.8 Å². The van der Waals surface area contributed by atoms with E-state index in [-0.39, 0.29) is 45.5 Å². The van der Waals surface area contributed by atoms with Gasteiger partial charge in [0.2, 0.25) is 16.0 Å². The number of fused-ring (bicyclic) bond motifs is 2. The van der Waals surface area contributed by atoms with Crippen molar-refractivity contribution in [1.29, 1.82) is 0 Å². The van der Waals surface area contributed by atoms with Crippen molar-refractivity contribution in [2.24, 2.45) is 7.05 Å². The van der Waals surface area contributed by atoms with E-state index in [1.165, 1.54) is 18.3 Å². The SMILES string of the molecule is CCN(CCN(C)C)c1cc(F)c(Nc2nc(-c3cn(C)c4cccc(F)c34)c3ccn(S(=O)(=O)Cc4ccccc4)c3n2)cc1[N+](=O)[O-]. The fourth-order valence-corrected chi connectivity index (χ4v) is 7.25. The van der Waals surface area contributed by atoms with Gasteiger partial charge in [0.15, 0.2) is 5.65 Å². The number of hydrogen-bond donors (Lipinski definition) is 1. The van der Waals surface area contributed by atoms with E-state index in [9.17, 15) is 18.5 Å². The number of rotatable bonds is 12. The summed E-state index contributed by atoms with van der Waals surface area (Å²) in [6, 6.07) is 16.9. The number of nitro benzene ring substituents is 1. The molecule has 254 valence electrons. The van der Waals surface area contributed by atoms with Crippen molar-refractivity contribution in [3.8, 4) is 11.3 Å². The molecule has 3 aromatic carbocycles. The molecule has 0 aliphatic rings. The topological polar surface area (TPSA) is 131 Å². The Balaban J connectivity index is 1.52. The molecule has 0 saturated carbocycles. The number of nitrogens with one attached hydrogen (secondary N) is 1. The summed E-state index contributed by atoms with van der Waals surface area (Å²) in [6.45, 7) is 3.24. The van der Waals surface area contributed by atoms with E-state index in [1.807, 2.05) is 25.9 Å². The Bertz CT molecular complexity index is 2310. The molecule has 15 heteroatoms. The number of likely N-dealkylation sites (N-methyl/N-ethyl adjacent to an activating group) is 2. The van der Waals surface area contributed by atoms with Crippen LogP contribution < -0.4 is 10.2 Å². The minimum atomic E-state index is -4.04. The van der Waals surface area contributed by atoms with Crippen LogP contribution in [0.2, 0.25) is 0 Å². The summed E-state index contributed by atoms with van der Waals surface area (Å²) in [4.78, 5) is 24.4. The number of aromatic nitrogens is 4. The number of anilines is 3. The number of nitrogens with zero attached hydrogens (tertiary/aromatic N) is 7. The molecule has 12 nitrogen and oxygen atoms in total. The summed E-state index contributed by atoms with van der Waals surface area (Å²) in [7, 11) is 1.45. The Morgan fingerprint density at radius 2 is 1.73 bits per heavy atom. The van der Waals surface area contributed by atoms with Gasteiger partial charge in [0.05, 0.1) is 27.6 Å². The molecular formula is C34H34F2N8O4S. The molecule has 49 heavy (non-hydrogen) atoms. The Morgan fingerprint density at radius 1 is 0.980 bits per heavy atom. The van der Waals surface area contributed by atoms with E-state index in [0.717, 1.165) is 16.1 Å². The third-order valence-corrected chi connectivity index (χ3v) is 9.86. The fraction of sp³-hybridized carbons (Fsp3) is 0.235. The molecule has 0 unspecified atom stereocenters. The van der Waals surface area contributed by atoms with Crippen molar-refractivity contribution < 1.29 is 22.1 Å². The number of aryl methyl sites for hydroxylation is 1. The van der Waals surface area contributed by atoms with Crippen LogP contribution in [-0.4, -0.2) is 70.5 Å². The zero-order valence-corrected chi connectivity index (χ0v) is 28.1. The van der Waals surface area contributed by atoms with E-state index in [4.69, 9.17) is 0 Å². The van der Waals surface area contributed by atoms with Gasteiger partial charge in [-0.1, -0.05) is 36.4 Å². The van der Waals surface area contributed by atoms with Crippen molar-refractivity contribution in [3.05, 3.63) is 106 Å². The lowest BCUT2D eigenvalue weighted by atomic mass is 10.1. The van der Waals surface area contributed by atoms with Gasteiger partial charge < -0.3 is 19.7 Å². The first-order valence-electron chi connectivity index (χ1n) is 15.4. The summed E-state index contributed by atoms with van der Waals surface area (Å²) in [5.41, 5.74) is 1.10. The Hall–Kier alpha value is -5.41. The van der Waals surface area contributed by atoms with Crippen LogP contribution in [0.3, 0.4) is 0 Å². The van der Waals surface area contributed by atoms with Crippen LogP contribution in [0.25, 0.3) is 33.2 Å². The molecule has 6 rings (SSSR count). The molecule has 3 heterocycles. The summed E-state index contributed by atoms with van der Waals surface area (Å²) in [5, 5.41) is 15.5. The molecule has 0 aliphatic carbocycles. The minimum absolute atomic E-state index is 0.0378. The maximum atomic E-state index is 15.8. The third kappa shape index (κ3) is 6.54. The van der Waals surface area contributed by atoms with Crippen LogP contribution >= 0.6 is 0 Å². The predicted molar refractivity (Wildman–Crippen MR) is 187 cm³/mol. The number of halogens is 2. The lowest BCUT2D eigenvalue weighted by Gasteiger charge is -2.25. The second kappa shape index (κ2) is 13.2. The van der Waals surface area contributed by atoms with Crippen LogP contribution in [0.15, 0.2) is 79.1 Å². The average Bonchev–Trinajstić information content (AvgIpc) is 3.64. The van der Waals surface area contributed by atoms with Crippen molar-refractivity contribution in [2.75, 3.05) is 43.9 Å². The molecule has 1 N–H and O–H groups in total. The van der Waals surface area contributed by atoms with Crippen LogP contribution in [0, 0.1) is 21.7 Å². The first-order chi connectivity index (χ1) is 23.4. The van der Waals surface area contributed by atoms with E-state index < -0.39 is 26.6 Å². The normalized spacial score (nSPS) is 11.9. The lowest BCUT2D eigenvalue weighted by molar-refractivity contribution is -0.384. The monoisotopic (exact) mass is 688 g/mol. The van der Waals surface area contributed by atoms with Crippen LogP contribution in [-0.2, 0) is 22.8 Å². The maximum Gasteiger partial charge on any atom is 0.294 e. The van der Waals surface area contributed by atoms with E-state index in [1.54, 1.807) is 65.2 Å². The molecule has 0 bridgehead atoms. The Labute approximate surface area is 281 Å². The Morgan fingerprint density at radius 3 is 2.43 bits per heavy atom. The van der Waals surface area contributed by atoms with Gasteiger partial charge in [-0.2, -0.15) is 4.98 Å². The van der Waals surface area contributed by atoms with Gasteiger partial charge in [0.1, 0.15) is 17.3 Å². The first kappa shape index (κ1) is 33.5. The smallest absolute Gasteiger partial charge is 0.294 e. The molecule has 0 amide bonds.